The third-order valence-electron chi connectivity index (χ3n) is 4.22. The van der Waals surface area contributed by atoms with Crippen molar-refractivity contribution in [2.45, 2.75) is 6.42 Å². The molecule has 6 heteroatoms. The number of carbonyl (C=O) groups excluding carboxylic acids is 1. The van der Waals surface area contributed by atoms with Crippen molar-refractivity contribution >= 4 is 17.4 Å². The molecule has 0 atom stereocenters. The number of carbonyl (C=O) groups is 1. The quantitative estimate of drug-likeness (QED) is 0.527. The summed E-state index contributed by atoms with van der Waals surface area (Å²) in [5.41, 5.74) is 1.09. The minimum absolute atomic E-state index is 0.235. The Morgan fingerprint density at radius 2 is 1.76 bits per heavy atom. The van der Waals surface area contributed by atoms with Crippen LogP contribution in [0.4, 0.5) is 11.5 Å². The first kappa shape index (κ1) is 20.4. The van der Waals surface area contributed by atoms with E-state index >= 15 is 0 Å². The molecular formula is C23H26N4O2. The highest BCUT2D eigenvalue weighted by Crippen LogP contribution is 2.29. The van der Waals surface area contributed by atoms with Crippen molar-refractivity contribution in [2.75, 3.05) is 37.8 Å². The summed E-state index contributed by atoms with van der Waals surface area (Å²) in [6.07, 6.45) is 2.60. The summed E-state index contributed by atoms with van der Waals surface area (Å²) in [6, 6.07) is 20.4. The van der Waals surface area contributed by atoms with Gasteiger partial charge in [0.15, 0.2) is 5.75 Å². The van der Waals surface area contributed by atoms with Gasteiger partial charge in [0.2, 0.25) is 0 Å². The third-order valence-corrected chi connectivity index (χ3v) is 4.22. The fraction of sp³-hybridized carbons (Fsp3) is 0.217. The summed E-state index contributed by atoms with van der Waals surface area (Å²) in [5, 5.41) is 6.16. The molecule has 0 aliphatic heterocycles. The molecule has 150 valence electrons. The van der Waals surface area contributed by atoms with Crippen LogP contribution in [0.5, 0.6) is 11.5 Å². The van der Waals surface area contributed by atoms with Gasteiger partial charge in [-0.25, -0.2) is 4.98 Å². The number of hydrogen-bond acceptors (Lipinski definition) is 5. The largest absolute Gasteiger partial charge is 0.455 e. The van der Waals surface area contributed by atoms with E-state index in [2.05, 4.69) is 34.6 Å². The molecule has 1 aromatic heterocycles. The van der Waals surface area contributed by atoms with Crippen LogP contribution in [0.2, 0.25) is 0 Å². The lowest BCUT2D eigenvalue weighted by Crippen LogP contribution is -2.17. The molecule has 3 aromatic rings. The topological polar surface area (TPSA) is 66.5 Å². The molecule has 0 radical (unpaired) electrons. The SMILES string of the molecule is CN(C)CCCNc1ccc(C(=O)Nc2ccccc2Oc2ccccc2)cn1. The van der Waals surface area contributed by atoms with Crippen molar-refractivity contribution in [1.82, 2.24) is 9.88 Å². The maximum absolute atomic E-state index is 12.6. The normalized spacial score (nSPS) is 10.6. The van der Waals surface area contributed by atoms with Crippen molar-refractivity contribution in [2.24, 2.45) is 0 Å². The average Bonchev–Trinajstić information content (AvgIpc) is 2.74. The van der Waals surface area contributed by atoms with Gasteiger partial charge in [-0.15, -0.1) is 0 Å². The predicted molar refractivity (Wildman–Crippen MR) is 117 cm³/mol. The minimum atomic E-state index is -0.235. The molecule has 1 amide bonds. The number of ether oxygens (including phenoxy) is 1. The molecule has 0 fully saturated rings. The van der Waals surface area contributed by atoms with Crippen molar-refractivity contribution < 1.29 is 9.53 Å². The number of nitrogens with zero attached hydrogens (tertiary/aromatic N) is 2. The van der Waals surface area contributed by atoms with Crippen LogP contribution in [0.25, 0.3) is 0 Å². The molecule has 0 unspecified atom stereocenters. The van der Waals surface area contributed by atoms with E-state index < -0.39 is 0 Å². The number of hydrogen-bond donors (Lipinski definition) is 2. The van der Waals surface area contributed by atoms with E-state index in [0.717, 1.165) is 25.3 Å². The Morgan fingerprint density at radius 3 is 2.48 bits per heavy atom. The van der Waals surface area contributed by atoms with Gasteiger partial charge in [-0.1, -0.05) is 30.3 Å². The molecule has 2 N–H and O–H groups in total. The summed E-state index contributed by atoms with van der Waals surface area (Å²) < 4.78 is 5.89. The van der Waals surface area contributed by atoms with Gasteiger partial charge in [-0.2, -0.15) is 0 Å². The van der Waals surface area contributed by atoms with Crippen molar-refractivity contribution in [3.05, 3.63) is 78.5 Å². The fourth-order valence-electron chi connectivity index (χ4n) is 2.71. The summed E-state index contributed by atoms with van der Waals surface area (Å²) >= 11 is 0. The number of para-hydroxylation sites is 3. The van der Waals surface area contributed by atoms with Crippen LogP contribution < -0.4 is 15.4 Å². The van der Waals surface area contributed by atoms with Crippen LogP contribution in [0.3, 0.4) is 0 Å². The Bertz CT molecular complexity index is 912. The maximum atomic E-state index is 12.6. The predicted octanol–water partition coefficient (Wildman–Crippen LogP) is 4.49. The molecule has 1 heterocycles. The molecule has 0 bridgehead atoms. The summed E-state index contributed by atoms with van der Waals surface area (Å²) in [6.45, 7) is 1.85. The van der Waals surface area contributed by atoms with Gasteiger partial charge in [0.05, 0.1) is 11.3 Å². The third kappa shape index (κ3) is 6.33. The molecule has 0 saturated carbocycles. The smallest absolute Gasteiger partial charge is 0.257 e. The Labute approximate surface area is 171 Å². The fourth-order valence-corrected chi connectivity index (χ4v) is 2.71. The van der Waals surface area contributed by atoms with Crippen molar-refractivity contribution in [1.29, 1.82) is 0 Å². The highest BCUT2D eigenvalue weighted by molar-refractivity contribution is 6.04. The molecule has 3 rings (SSSR count). The first-order chi connectivity index (χ1) is 14.1. The van der Waals surface area contributed by atoms with E-state index in [9.17, 15) is 4.79 Å². The van der Waals surface area contributed by atoms with Gasteiger partial charge in [0.25, 0.3) is 5.91 Å². The number of pyridine rings is 1. The lowest BCUT2D eigenvalue weighted by molar-refractivity contribution is 0.102. The van der Waals surface area contributed by atoms with Gasteiger partial charge in [-0.05, 0) is 63.5 Å². The summed E-state index contributed by atoms with van der Waals surface area (Å²) in [7, 11) is 4.10. The monoisotopic (exact) mass is 390 g/mol. The number of anilines is 2. The second-order valence-corrected chi connectivity index (χ2v) is 6.88. The summed E-state index contributed by atoms with van der Waals surface area (Å²) in [4.78, 5) is 19.1. The lowest BCUT2D eigenvalue weighted by atomic mass is 10.2. The second-order valence-electron chi connectivity index (χ2n) is 6.88. The van der Waals surface area contributed by atoms with Crippen molar-refractivity contribution in [3.63, 3.8) is 0 Å². The number of benzene rings is 2. The molecule has 0 aliphatic carbocycles. The number of aromatic nitrogens is 1. The molecule has 29 heavy (non-hydrogen) atoms. The molecule has 0 saturated heterocycles. The highest BCUT2D eigenvalue weighted by Gasteiger charge is 2.11. The van der Waals surface area contributed by atoms with Crippen LogP contribution in [0.15, 0.2) is 72.9 Å². The minimum Gasteiger partial charge on any atom is -0.455 e. The van der Waals surface area contributed by atoms with Gasteiger partial charge in [0.1, 0.15) is 11.6 Å². The van der Waals surface area contributed by atoms with E-state index in [1.807, 2.05) is 60.7 Å². The Morgan fingerprint density at radius 1 is 1.00 bits per heavy atom. The van der Waals surface area contributed by atoms with E-state index in [4.69, 9.17) is 4.74 Å². The second kappa shape index (κ2) is 10.2. The van der Waals surface area contributed by atoms with Crippen LogP contribution >= 0.6 is 0 Å². The zero-order valence-corrected chi connectivity index (χ0v) is 16.8. The average molecular weight is 390 g/mol. The first-order valence-electron chi connectivity index (χ1n) is 9.60. The molecular weight excluding hydrogens is 364 g/mol. The molecule has 0 aliphatic rings. The van der Waals surface area contributed by atoms with Crippen LogP contribution in [-0.2, 0) is 0 Å². The van der Waals surface area contributed by atoms with Gasteiger partial charge < -0.3 is 20.3 Å². The van der Waals surface area contributed by atoms with Gasteiger partial charge in [-0.3, -0.25) is 4.79 Å². The van der Waals surface area contributed by atoms with E-state index in [-0.39, 0.29) is 5.91 Å². The zero-order chi connectivity index (χ0) is 20.5. The Kier molecular flexibility index (Phi) is 7.19. The summed E-state index contributed by atoms with van der Waals surface area (Å²) in [5.74, 6) is 1.81. The van der Waals surface area contributed by atoms with E-state index in [1.54, 1.807) is 12.3 Å². The van der Waals surface area contributed by atoms with Crippen molar-refractivity contribution in [3.8, 4) is 11.5 Å². The van der Waals surface area contributed by atoms with Crippen LogP contribution in [0.1, 0.15) is 16.8 Å². The van der Waals surface area contributed by atoms with E-state index in [0.29, 0.717) is 22.7 Å². The number of amides is 1. The number of nitrogens with one attached hydrogen (secondary N) is 2. The first-order valence-corrected chi connectivity index (χ1v) is 9.60. The standard InChI is InChI=1S/C23H26N4O2/c1-27(2)16-8-15-24-22-14-13-18(17-25-22)23(28)26-20-11-6-7-12-21(20)29-19-9-4-3-5-10-19/h3-7,9-14,17H,8,15-16H2,1-2H3,(H,24,25)(H,26,28). The lowest BCUT2D eigenvalue weighted by Gasteiger charge is -2.12. The van der Waals surface area contributed by atoms with Crippen LogP contribution in [-0.4, -0.2) is 43.0 Å². The maximum Gasteiger partial charge on any atom is 0.257 e. The van der Waals surface area contributed by atoms with Gasteiger partial charge in [0, 0.05) is 12.7 Å². The molecule has 2 aromatic carbocycles. The number of rotatable bonds is 9. The molecule has 0 spiro atoms. The molecule has 6 nitrogen and oxygen atoms in total. The Hall–Kier alpha value is -3.38. The van der Waals surface area contributed by atoms with Crippen LogP contribution in [0, 0.1) is 0 Å². The van der Waals surface area contributed by atoms with E-state index in [1.165, 1.54) is 0 Å². The zero-order valence-electron chi connectivity index (χ0n) is 16.8. The Balaban J connectivity index is 1.60. The highest BCUT2D eigenvalue weighted by atomic mass is 16.5. The van der Waals surface area contributed by atoms with Gasteiger partial charge >= 0.3 is 0 Å².